The molecule has 0 amide bonds. The molecule has 5 heteroatoms. The van der Waals surface area contributed by atoms with Crippen molar-refractivity contribution >= 4 is 17.4 Å². The summed E-state index contributed by atoms with van der Waals surface area (Å²) in [6, 6.07) is 7.58. The average molecular weight is 306 g/mol. The summed E-state index contributed by atoms with van der Waals surface area (Å²) in [4.78, 5) is 16.3. The molecule has 1 heterocycles. The SMILES string of the molecule is CC(C)C(=O)C(CCCc1ccccc1Cl)n1cncn1. The molecule has 0 spiro atoms. The molecule has 4 nitrogen and oxygen atoms in total. The van der Waals surface area contributed by atoms with Gasteiger partial charge in [-0.05, 0) is 30.9 Å². The Hall–Kier alpha value is -1.68. The first-order valence-corrected chi connectivity index (χ1v) is 7.58. The van der Waals surface area contributed by atoms with E-state index < -0.39 is 0 Å². The Kier molecular flexibility index (Phi) is 5.51. The van der Waals surface area contributed by atoms with E-state index in [2.05, 4.69) is 10.1 Å². The molecule has 2 rings (SSSR count). The molecule has 1 unspecified atom stereocenters. The summed E-state index contributed by atoms with van der Waals surface area (Å²) in [6.07, 6.45) is 5.56. The van der Waals surface area contributed by atoms with E-state index in [0.29, 0.717) is 0 Å². The molecule has 112 valence electrons. The topological polar surface area (TPSA) is 47.8 Å². The summed E-state index contributed by atoms with van der Waals surface area (Å²) >= 11 is 6.16. The van der Waals surface area contributed by atoms with E-state index in [1.165, 1.54) is 6.33 Å². The minimum absolute atomic E-state index is 0.0143. The minimum atomic E-state index is -0.241. The van der Waals surface area contributed by atoms with Crippen LogP contribution in [-0.4, -0.2) is 20.5 Å². The smallest absolute Gasteiger partial charge is 0.159 e. The zero-order chi connectivity index (χ0) is 15.2. The molecule has 0 aliphatic heterocycles. The van der Waals surface area contributed by atoms with E-state index in [9.17, 15) is 4.79 Å². The summed E-state index contributed by atoms with van der Waals surface area (Å²) in [5, 5.41) is 4.90. The lowest BCUT2D eigenvalue weighted by atomic mass is 9.96. The molecule has 0 radical (unpaired) electrons. The molecule has 0 aliphatic carbocycles. The zero-order valence-corrected chi connectivity index (χ0v) is 13.1. The number of ketones is 1. The van der Waals surface area contributed by atoms with Crippen molar-refractivity contribution in [3.63, 3.8) is 0 Å². The first-order valence-electron chi connectivity index (χ1n) is 7.21. The Balaban J connectivity index is 2.00. The van der Waals surface area contributed by atoms with Gasteiger partial charge in [-0.2, -0.15) is 5.10 Å². The highest BCUT2D eigenvalue weighted by atomic mass is 35.5. The van der Waals surface area contributed by atoms with Crippen molar-refractivity contribution in [2.24, 2.45) is 5.92 Å². The van der Waals surface area contributed by atoms with E-state index >= 15 is 0 Å². The molecule has 1 atom stereocenters. The Morgan fingerprint density at radius 2 is 2.10 bits per heavy atom. The lowest BCUT2D eigenvalue weighted by Crippen LogP contribution is -2.24. The summed E-state index contributed by atoms with van der Waals surface area (Å²) in [6.45, 7) is 3.83. The predicted octanol–water partition coefficient (Wildman–Crippen LogP) is 3.72. The monoisotopic (exact) mass is 305 g/mol. The highest BCUT2D eigenvalue weighted by molar-refractivity contribution is 6.31. The highest BCUT2D eigenvalue weighted by Gasteiger charge is 2.23. The van der Waals surface area contributed by atoms with Crippen LogP contribution in [-0.2, 0) is 11.2 Å². The Morgan fingerprint density at radius 1 is 1.33 bits per heavy atom. The van der Waals surface area contributed by atoms with Crippen LogP contribution in [0.2, 0.25) is 5.02 Å². The number of aryl methyl sites for hydroxylation is 1. The number of hydrogen-bond donors (Lipinski definition) is 0. The number of rotatable bonds is 7. The lowest BCUT2D eigenvalue weighted by molar-refractivity contribution is -0.125. The van der Waals surface area contributed by atoms with Crippen LogP contribution in [0.3, 0.4) is 0 Å². The number of hydrogen-bond acceptors (Lipinski definition) is 3. The first kappa shape index (κ1) is 15.7. The van der Waals surface area contributed by atoms with Crippen molar-refractivity contribution < 1.29 is 4.79 Å². The maximum atomic E-state index is 12.3. The lowest BCUT2D eigenvalue weighted by Gasteiger charge is -2.18. The van der Waals surface area contributed by atoms with E-state index in [0.717, 1.165) is 29.8 Å². The third kappa shape index (κ3) is 4.14. The van der Waals surface area contributed by atoms with Crippen LogP contribution in [0, 0.1) is 5.92 Å². The van der Waals surface area contributed by atoms with Gasteiger partial charge in [-0.15, -0.1) is 0 Å². The number of Topliss-reactive ketones (excluding diaryl/α,β-unsaturated/α-hetero) is 1. The number of nitrogens with zero attached hydrogens (tertiary/aromatic N) is 3. The number of carbonyl (C=O) groups excluding carboxylic acids is 1. The second-order valence-corrected chi connectivity index (χ2v) is 5.84. The van der Waals surface area contributed by atoms with Crippen LogP contribution in [0.5, 0.6) is 0 Å². The molecule has 1 aromatic carbocycles. The van der Waals surface area contributed by atoms with Gasteiger partial charge in [0.2, 0.25) is 0 Å². The third-order valence-electron chi connectivity index (χ3n) is 3.53. The molecule has 0 N–H and O–H groups in total. The maximum absolute atomic E-state index is 12.3. The van der Waals surface area contributed by atoms with Gasteiger partial charge < -0.3 is 0 Å². The minimum Gasteiger partial charge on any atom is -0.297 e. The molecule has 21 heavy (non-hydrogen) atoms. The molecular weight excluding hydrogens is 286 g/mol. The quantitative estimate of drug-likeness (QED) is 0.783. The Morgan fingerprint density at radius 3 is 2.71 bits per heavy atom. The number of benzene rings is 1. The number of aromatic nitrogens is 3. The van der Waals surface area contributed by atoms with Gasteiger partial charge in [0.1, 0.15) is 18.7 Å². The van der Waals surface area contributed by atoms with Gasteiger partial charge >= 0.3 is 0 Å². The zero-order valence-electron chi connectivity index (χ0n) is 12.4. The van der Waals surface area contributed by atoms with Crippen molar-refractivity contribution in [1.82, 2.24) is 14.8 Å². The molecule has 2 aromatic rings. The highest BCUT2D eigenvalue weighted by Crippen LogP contribution is 2.22. The predicted molar refractivity (Wildman–Crippen MR) is 83.3 cm³/mol. The van der Waals surface area contributed by atoms with Gasteiger partial charge in [-0.1, -0.05) is 43.6 Å². The fourth-order valence-electron chi connectivity index (χ4n) is 2.35. The van der Waals surface area contributed by atoms with Gasteiger partial charge in [0.05, 0.1) is 0 Å². The molecule has 0 saturated carbocycles. The summed E-state index contributed by atoms with van der Waals surface area (Å²) in [5.74, 6) is 0.180. The third-order valence-corrected chi connectivity index (χ3v) is 3.90. The van der Waals surface area contributed by atoms with Gasteiger partial charge in [0, 0.05) is 10.9 Å². The normalized spacial score (nSPS) is 12.6. The van der Waals surface area contributed by atoms with E-state index in [1.807, 2.05) is 38.1 Å². The average Bonchev–Trinajstić information content (AvgIpc) is 2.98. The second kappa shape index (κ2) is 7.36. The van der Waals surface area contributed by atoms with Crippen LogP contribution >= 0.6 is 11.6 Å². The van der Waals surface area contributed by atoms with E-state index in [1.54, 1.807) is 11.0 Å². The van der Waals surface area contributed by atoms with Gasteiger partial charge in [-0.3, -0.25) is 4.79 Å². The summed E-state index contributed by atoms with van der Waals surface area (Å²) in [7, 11) is 0. The first-order chi connectivity index (χ1) is 10.1. The fourth-order valence-corrected chi connectivity index (χ4v) is 2.59. The van der Waals surface area contributed by atoms with Crippen LogP contribution in [0.4, 0.5) is 0 Å². The molecule has 1 aromatic heterocycles. The number of carbonyl (C=O) groups is 1. The Labute approximate surface area is 130 Å². The van der Waals surface area contributed by atoms with Crippen molar-refractivity contribution in [3.05, 3.63) is 47.5 Å². The van der Waals surface area contributed by atoms with Crippen LogP contribution in [0.25, 0.3) is 0 Å². The van der Waals surface area contributed by atoms with Crippen LogP contribution < -0.4 is 0 Å². The van der Waals surface area contributed by atoms with Crippen LogP contribution in [0.1, 0.15) is 38.3 Å². The van der Waals surface area contributed by atoms with Crippen molar-refractivity contribution in [2.45, 2.75) is 39.2 Å². The van der Waals surface area contributed by atoms with Crippen LogP contribution in [0.15, 0.2) is 36.9 Å². The van der Waals surface area contributed by atoms with E-state index in [4.69, 9.17) is 11.6 Å². The summed E-state index contributed by atoms with van der Waals surface area (Å²) in [5.41, 5.74) is 1.12. The van der Waals surface area contributed by atoms with Gasteiger partial charge in [0.15, 0.2) is 5.78 Å². The number of halogens is 1. The molecule has 0 bridgehead atoms. The molecular formula is C16H20ClN3O. The second-order valence-electron chi connectivity index (χ2n) is 5.43. The largest absolute Gasteiger partial charge is 0.297 e. The standard InChI is InChI=1S/C16H20ClN3O/c1-12(2)16(21)15(20-11-18-10-19-20)9-5-7-13-6-3-4-8-14(13)17/h3-4,6,8,10-12,15H,5,7,9H2,1-2H3. The Bertz CT molecular complexity index is 581. The van der Waals surface area contributed by atoms with E-state index in [-0.39, 0.29) is 17.7 Å². The van der Waals surface area contributed by atoms with Crippen molar-refractivity contribution in [1.29, 1.82) is 0 Å². The fraction of sp³-hybridized carbons (Fsp3) is 0.438. The maximum Gasteiger partial charge on any atom is 0.159 e. The van der Waals surface area contributed by atoms with Gasteiger partial charge in [-0.25, -0.2) is 9.67 Å². The van der Waals surface area contributed by atoms with Crippen molar-refractivity contribution in [2.75, 3.05) is 0 Å². The molecule has 0 saturated heterocycles. The molecule has 0 fully saturated rings. The van der Waals surface area contributed by atoms with Gasteiger partial charge in [0.25, 0.3) is 0 Å². The summed E-state index contributed by atoms with van der Waals surface area (Å²) < 4.78 is 1.66. The van der Waals surface area contributed by atoms with Crippen molar-refractivity contribution in [3.8, 4) is 0 Å². The molecule has 0 aliphatic rings.